The first-order valence-corrected chi connectivity index (χ1v) is 14.8. The van der Waals surface area contributed by atoms with E-state index >= 15 is 0 Å². The second kappa shape index (κ2) is 11.6. The number of likely N-dealkylation sites (tertiary alicyclic amines) is 1. The van der Waals surface area contributed by atoms with E-state index in [9.17, 15) is 14.4 Å². The summed E-state index contributed by atoms with van der Waals surface area (Å²) in [5.74, 6) is 0.527. The van der Waals surface area contributed by atoms with Crippen molar-refractivity contribution in [3.63, 3.8) is 0 Å². The van der Waals surface area contributed by atoms with E-state index in [-0.39, 0.29) is 30.2 Å². The van der Waals surface area contributed by atoms with E-state index < -0.39 is 0 Å². The van der Waals surface area contributed by atoms with Crippen LogP contribution in [0, 0.1) is 17.1 Å². The van der Waals surface area contributed by atoms with E-state index in [2.05, 4.69) is 34.4 Å². The number of halogens is 1. The van der Waals surface area contributed by atoms with Crippen molar-refractivity contribution in [2.45, 2.75) is 63.1 Å². The molecule has 1 amide bonds. The molecule has 0 N–H and O–H groups in total. The Morgan fingerprint density at radius 3 is 2.85 bits per heavy atom. The summed E-state index contributed by atoms with van der Waals surface area (Å²) in [6.07, 6.45) is 6.99. The standard InChI is InChI=1S/C31H38FN7O2/c1-3-28(40)38-17-16-37(19-23(38)11-13-33)30-25-10-9-22(39-15-12-21-6-4-8-26(32)29(21)39)18-27(25)34-31(35-30)41-20-24-7-5-14-36(24)2/h3-4,6,8,22-24H,1,5,7,9-12,14-20H2,2H3. The molecule has 1 aromatic carbocycles. The number of aromatic nitrogens is 2. The van der Waals surface area contributed by atoms with Crippen LogP contribution in [-0.4, -0.2) is 90.2 Å². The van der Waals surface area contributed by atoms with E-state index in [0.717, 1.165) is 73.5 Å². The van der Waals surface area contributed by atoms with Gasteiger partial charge in [-0.15, -0.1) is 0 Å². The number of piperazine rings is 1. The van der Waals surface area contributed by atoms with Crippen LogP contribution in [0.15, 0.2) is 30.9 Å². The summed E-state index contributed by atoms with van der Waals surface area (Å²) in [5, 5.41) is 9.49. The molecule has 0 saturated carbocycles. The largest absolute Gasteiger partial charge is 0.462 e. The van der Waals surface area contributed by atoms with Gasteiger partial charge in [-0.1, -0.05) is 18.7 Å². The number of amides is 1. The molecule has 41 heavy (non-hydrogen) atoms. The third kappa shape index (κ3) is 5.35. The van der Waals surface area contributed by atoms with Crippen LogP contribution in [0.5, 0.6) is 6.01 Å². The SMILES string of the molecule is C=CC(=O)N1CCN(c2nc(OCC3CCCN3C)nc3c2CCC(N2CCc4cccc(F)c42)C3)CC1CC#N. The molecule has 10 heteroatoms. The molecular weight excluding hydrogens is 521 g/mol. The Kier molecular flexibility index (Phi) is 7.80. The molecule has 6 rings (SSSR count). The van der Waals surface area contributed by atoms with Gasteiger partial charge in [0.1, 0.15) is 18.2 Å². The summed E-state index contributed by atoms with van der Waals surface area (Å²) in [6.45, 7) is 7.64. The molecule has 3 aliphatic heterocycles. The first kappa shape index (κ1) is 27.5. The summed E-state index contributed by atoms with van der Waals surface area (Å²) in [7, 11) is 2.12. The highest BCUT2D eigenvalue weighted by Crippen LogP contribution is 2.38. The Balaban J connectivity index is 1.30. The number of hydrogen-bond acceptors (Lipinski definition) is 8. The molecule has 4 heterocycles. The normalized spacial score (nSPS) is 24.1. The summed E-state index contributed by atoms with van der Waals surface area (Å²) in [4.78, 5) is 30.9. The number of nitriles is 1. The van der Waals surface area contributed by atoms with Crippen LogP contribution in [0.3, 0.4) is 0 Å². The smallest absolute Gasteiger partial charge is 0.318 e. The Hall–Kier alpha value is -3.71. The molecule has 2 aromatic rings. The van der Waals surface area contributed by atoms with Crippen molar-refractivity contribution in [1.82, 2.24) is 19.8 Å². The van der Waals surface area contributed by atoms with Gasteiger partial charge in [0.25, 0.3) is 0 Å². The van der Waals surface area contributed by atoms with E-state index in [0.29, 0.717) is 44.7 Å². The number of carbonyl (C=O) groups excluding carboxylic acids is 1. The van der Waals surface area contributed by atoms with Crippen LogP contribution in [0.25, 0.3) is 0 Å². The van der Waals surface area contributed by atoms with Crippen LogP contribution in [0.1, 0.15) is 42.5 Å². The average Bonchev–Trinajstić information content (AvgIpc) is 3.61. The minimum atomic E-state index is -0.248. The Bertz CT molecular complexity index is 1360. The number of rotatable bonds is 7. The van der Waals surface area contributed by atoms with Gasteiger partial charge < -0.3 is 24.3 Å². The van der Waals surface area contributed by atoms with E-state index in [1.807, 2.05) is 6.07 Å². The summed E-state index contributed by atoms with van der Waals surface area (Å²) in [6, 6.07) is 8.21. The Labute approximate surface area is 241 Å². The monoisotopic (exact) mass is 559 g/mol. The minimum Gasteiger partial charge on any atom is -0.462 e. The zero-order chi connectivity index (χ0) is 28.5. The van der Waals surface area contributed by atoms with Crippen LogP contribution in [0.2, 0.25) is 0 Å². The Morgan fingerprint density at radius 2 is 2.07 bits per heavy atom. The van der Waals surface area contributed by atoms with Crippen molar-refractivity contribution in [2.24, 2.45) is 0 Å². The molecule has 3 atom stereocenters. The van der Waals surface area contributed by atoms with Gasteiger partial charge in [0, 0.05) is 50.2 Å². The third-order valence-corrected chi connectivity index (χ3v) is 9.27. The zero-order valence-electron chi connectivity index (χ0n) is 23.8. The molecule has 2 fully saturated rings. The number of benzene rings is 1. The van der Waals surface area contributed by atoms with Gasteiger partial charge in [-0.3, -0.25) is 4.79 Å². The first-order valence-electron chi connectivity index (χ1n) is 14.8. The molecule has 1 aliphatic carbocycles. The van der Waals surface area contributed by atoms with Gasteiger partial charge in [-0.2, -0.15) is 15.2 Å². The predicted octanol–water partition coefficient (Wildman–Crippen LogP) is 3.13. The number of fused-ring (bicyclic) bond motifs is 2. The topological polar surface area (TPSA) is 88.8 Å². The maximum atomic E-state index is 14.9. The first-order chi connectivity index (χ1) is 20.0. The van der Waals surface area contributed by atoms with Gasteiger partial charge in [-0.25, -0.2) is 4.39 Å². The third-order valence-electron chi connectivity index (χ3n) is 9.27. The van der Waals surface area contributed by atoms with Gasteiger partial charge in [0.15, 0.2) is 0 Å². The summed E-state index contributed by atoms with van der Waals surface area (Å²) >= 11 is 0. The number of nitrogens with zero attached hydrogens (tertiary/aromatic N) is 7. The lowest BCUT2D eigenvalue weighted by atomic mass is 9.90. The van der Waals surface area contributed by atoms with Crippen molar-refractivity contribution in [3.05, 3.63) is 53.5 Å². The number of hydrogen-bond donors (Lipinski definition) is 0. The zero-order valence-corrected chi connectivity index (χ0v) is 23.8. The molecule has 216 valence electrons. The molecule has 0 bridgehead atoms. The molecule has 0 radical (unpaired) electrons. The lowest BCUT2D eigenvalue weighted by Crippen LogP contribution is -2.55. The lowest BCUT2D eigenvalue weighted by molar-refractivity contribution is -0.128. The van der Waals surface area contributed by atoms with E-state index in [4.69, 9.17) is 14.7 Å². The number of para-hydroxylation sites is 1. The van der Waals surface area contributed by atoms with Crippen LogP contribution < -0.4 is 14.5 Å². The fourth-order valence-electron chi connectivity index (χ4n) is 7.05. The molecule has 4 aliphatic rings. The van der Waals surface area contributed by atoms with Gasteiger partial charge in [0.2, 0.25) is 5.91 Å². The number of ether oxygens (including phenoxy) is 1. The predicted molar refractivity (Wildman–Crippen MR) is 155 cm³/mol. The lowest BCUT2D eigenvalue weighted by Gasteiger charge is -2.42. The molecule has 3 unspecified atom stereocenters. The van der Waals surface area contributed by atoms with Gasteiger partial charge in [-0.05, 0) is 63.4 Å². The quantitative estimate of drug-likeness (QED) is 0.479. The number of carbonyl (C=O) groups is 1. The molecule has 1 aromatic heterocycles. The van der Waals surface area contributed by atoms with Crippen molar-refractivity contribution >= 4 is 17.4 Å². The van der Waals surface area contributed by atoms with Crippen LogP contribution >= 0.6 is 0 Å². The fourth-order valence-corrected chi connectivity index (χ4v) is 7.05. The highest BCUT2D eigenvalue weighted by molar-refractivity contribution is 5.87. The van der Waals surface area contributed by atoms with Crippen LogP contribution in [-0.2, 0) is 24.1 Å². The van der Waals surface area contributed by atoms with Gasteiger partial charge >= 0.3 is 6.01 Å². The summed E-state index contributed by atoms with van der Waals surface area (Å²) < 4.78 is 21.2. The minimum absolute atomic E-state index is 0.144. The second-order valence-electron chi connectivity index (χ2n) is 11.6. The van der Waals surface area contributed by atoms with Crippen molar-refractivity contribution < 1.29 is 13.9 Å². The number of likely N-dealkylation sites (N-methyl/N-ethyl adjacent to an activating group) is 1. The van der Waals surface area contributed by atoms with Crippen molar-refractivity contribution in [1.29, 1.82) is 5.26 Å². The second-order valence-corrected chi connectivity index (χ2v) is 11.6. The molecular formula is C31H38FN7O2. The highest BCUT2D eigenvalue weighted by atomic mass is 19.1. The van der Waals surface area contributed by atoms with Crippen LogP contribution in [0.4, 0.5) is 15.9 Å². The van der Waals surface area contributed by atoms with E-state index in [1.54, 1.807) is 17.0 Å². The highest BCUT2D eigenvalue weighted by Gasteiger charge is 2.36. The Morgan fingerprint density at radius 1 is 1.20 bits per heavy atom. The molecule has 0 spiro atoms. The average molecular weight is 560 g/mol. The maximum Gasteiger partial charge on any atom is 0.318 e. The number of anilines is 2. The van der Waals surface area contributed by atoms with Gasteiger partial charge in [0.05, 0.1) is 29.9 Å². The van der Waals surface area contributed by atoms with E-state index in [1.165, 1.54) is 6.08 Å². The fraction of sp³-hybridized carbons (Fsp3) is 0.548. The van der Waals surface area contributed by atoms with Crippen molar-refractivity contribution in [2.75, 3.05) is 56.2 Å². The molecule has 9 nitrogen and oxygen atoms in total. The van der Waals surface area contributed by atoms with Crippen molar-refractivity contribution in [3.8, 4) is 12.1 Å². The molecule has 2 saturated heterocycles. The maximum absolute atomic E-state index is 14.9. The summed E-state index contributed by atoms with van der Waals surface area (Å²) in [5.41, 5.74) is 3.85.